The lowest BCUT2D eigenvalue weighted by atomic mass is 10.2. The van der Waals surface area contributed by atoms with Gasteiger partial charge in [0.2, 0.25) is 0 Å². The average molecular weight is 275 g/mol. The molecule has 14 heavy (non-hydrogen) atoms. The fourth-order valence-electron chi connectivity index (χ4n) is 0.849. The second kappa shape index (κ2) is 5.41. The summed E-state index contributed by atoms with van der Waals surface area (Å²) in [5.74, 6) is -0.447. The third-order valence-electron chi connectivity index (χ3n) is 1.72. The zero-order valence-corrected chi connectivity index (χ0v) is 10.1. The van der Waals surface area contributed by atoms with Gasteiger partial charge < -0.3 is 5.11 Å². The first-order chi connectivity index (χ1) is 6.59. The van der Waals surface area contributed by atoms with Crippen molar-refractivity contribution in [1.29, 1.82) is 0 Å². The molecule has 2 nitrogen and oxygen atoms in total. The maximum Gasteiger partial charge on any atom is 0.307 e. The van der Waals surface area contributed by atoms with Crippen LogP contribution in [0, 0.1) is 5.92 Å². The molecule has 0 aliphatic carbocycles. The fraction of sp³-hybridized carbons (Fsp3) is 0.300. The number of hydrogen-bond acceptors (Lipinski definition) is 2. The van der Waals surface area contributed by atoms with E-state index < -0.39 is 5.97 Å². The molecule has 0 amide bonds. The molecular weight excluding hydrogens is 264 g/mol. The summed E-state index contributed by atoms with van der Waals surface area (Å²) in [5, 5.41) is 8.69. The minimum absolute atomic E-state index is 0.306. The van der Waals surface area contributed by atoms with Gasteiger partial charge in [0.15, 0.2) is 0 Å². The van der Waals surface area contributed by atoms with E-state index in [2.05, 4.69) is 15.9 Å². The Morgan fingerprint density at radius 3 is 2.93 bits per heavy atom. The zero-order valence-electron chi connectivity index (χ0n) is 7.74. The number of carbonyl (C=O) groups is 1. The number of halogens is 1. The van der Waals surface area contributed by atoms with Gasteiger partial charge in [-0.3, -0.25) is 4.79 Å². The molecule has 4 heteroatoms. The van der Waals surface area contributed by atoms with Crippen molar-refractivity contribution in [2.45, 2.75) is 11.8 Å². The van der Waals surface area contributed by atoms with Gasteiger partial charge in [0.25, 0.3) is 0 Å². The molecule has 0 radical (unpaired) electrons. The number of hydrogen-bond donors (Lipinski definition) is 1. The number of rotatable bonds is 4. The molecule has 0 saturated carbocycles. The van der Waals surface area contributed by atoms with Gasteiger partial charge in [-0.15, -0.1) is 11.8 Å². The Morgan fingerprint density at radius 1 is 1.64 bits per heavy atom. The highest BCUT2D eigenvalue weighted by molar-refractivity contribution is 9.10. The highest BCUT2D eigenvalue weighted by atomic mass is 79.9. The summed E-state index contributed by atoms with van der Waals surface area (Å²) < 4.78 is 1.02. The van der Waals surface area contributed by atoms with Gasteiger partial charge in [0.05, 0.1) is 5.92 Å². The van der Waals surface area contributed by atoms with E-state index in [4.69, 9.17) is 5.11 Å². The van der Waals surface area contributed by atoms with E-state index in [1.807, 2.05) is 24.3 Å². The minimum Gasteiger partial charge on any atom is -0.481 e. The van der Waals surface area contributed by atoms with Gasteiger partial charge in [-0.1, -0.05) is 28.9 Å². The Kier molecular flexibility index (Phi) is 4.48. The van der Waals surface area contributed by atoms with E-state index in [1.54, 1.807) is 18.7 Å². The smallest absolute Gasteiger partial charge is 0.307 e. The van der Waals surface area contributed by atoms with Crippen LogP contribution in [0.25, 0.3) is 0 Å². The zero-order chi connectivity index (χ0) is 10.6. The van der Waals surface area contributed by atoms with Crippen molar-refractivity contribution in [3.8, 4) is 0 Å². The van der Waals surface area contributed by atoms with Gasteiger partial charge in [-0.2, -0.15) is 0 Å². The standard InChI is InChI=1S/C10H11BrO2S/c1-7(10(12)13)6-14-9-4-2-3-8(11)5-9/h2-5,7H,6H2,1H3,(H,12,13). The molecule has 1 N–H and O–H groups in total. The summed E-state index contributed by atoms with van der Waals surface area (Å²) in [4.78, 5) is 11.7. The Bertz CT molecular complexity index is 328. The predicted molar refractivity (Wildman–Crippen MR) is 61.7 cm³/mol. The molecule has 0 fully saturated rings. The average Bonchev–Trinajstić information content (AvgIpc) is 2.14. The Hall–Kier alpha value is -0.480. The summed E-state index contributed by atoms with van der Waals surface area (Å²) in [6.45, 7) is 1.72. The van der Waals surface area contributed by atoms with Gasteiger partial charge >= 0.3 is 5.97 Å². The van der Waals surface area contributed by atoms with Crippen molar-refractivity contribution in [1.82, 2.24) is 0 Å². The second-order valence-corrected chi connectivity index (χ2v) is 5.02. The van der Waals surface area contributed by atoms with E-state index >= 15 is 0 Å². The molecule has 76 valence electrons. The van der Waals surface area contributed by atoms with E-state index in [9.17, 15) is 4.79 Å². The molecule has 1 atom stereocenters. The van der Waals surface area contributed by atoms with Crippen molar-refractivity contribution in [2.75, 3.05) is 5.75 Å². The quantitative estimate of drug-likeness (QED) is 0.857. The topological polar surface area (TPSA) is 37.3 Å². The van der Waals surface area contributed by atoms with Crippen LogP contribution in [0.4, 0.5) is 0 Å². The van der Waals surface area contributed by atoms with E-state index in [0.717, 1.165) is 9.37 Å². The molecule has 0 aromatic heterocycles. The Labute approximate surface area is 95.8 Å². The van der Waals surface area contributed by atoms with Crippen molar-refractivity contribution in [3.05, 3.63) is 28.7 Å². The van der Waals surface area contributed by atoms with Crippen molar-refractivity contribution >= 4 is 33.7 Å². The van der Waals surface area contributed by atoms with Crippen molar-refractivity contribution < 1.29 is 9.90 Å². The van der Waals surface area contributed by atoms with Gasteiger partial charge in [0, 0.05) is 15.1 Å². The molecule has 0 bridgehead atoms. The predicted octanol–water partition coefficient (Wildman–Crippen LogP) is 3.26. The highest BCUT2D eigenvalue weighted by Crippen LogP contribution is 2.23. The molecule has 0 heterocycles. The summed E-state index contributed by atoms with van der Waals surface area (Å²) in [7, 11) is 0. The van der Waals surface area contributed by atoms with Crippen LogP contribution < -0.4 is 0 Å². The number of carboxylic acid groups (broad SMARTS) is 1. The van der Waals surface area contributed by atoms with E-state index in [0.29, 0.717) is 5.75 Å². The number of aliphatic carboxylic acids is 1. The summed E-state index contributed by atoms with van der Waals surface area (Å²) in [6.07, 6.45) is 0. The van der Waals surface area contributed by atoms with Crippen LogP contribution in [-0.4, -0.2) is 16.8 Å². The molecule has 1 rings (SSSR count). The van der Waals surface area contributed by atoms with Crippen LogP contribution in [0.1, 0.15) is 6.92 Å². The minimum atomic E-state index is -0.743. The fourth-order valence-corrected chi connectivity index (χ4v) is 2.37. The maximum absolute atomic E-state index is 10.6. The molecule has 0 spiro atoms. The largest absolute Gasteiger partial charge is 0.481 e. The lowest BCUT2D eigenvalue weighted by molar-refractivity contribution is -0.140. The monoisotopic (exact) mass is 274 g/mol. The molecule has 1 unspecified atom stereocenters. The number of benzene rings is 1. The summed E-state index contributed by atoms with van der Waals surface area (Å²) >= 11 is 4.93. The third kappa shape index (κ3) is 3.72. The molecule has 0 aliphatic heterocycles. The van der Waals surface area contributed by atoms with E-state index in [-0.39, 0.29) is 5.92 Å². The Morgan fingerprint density at radius 2 is 2.36 bits per heavy atom. The lowest BCUT2D eigenvalue weighted by Gasteiger charge is -2.05. The van der Waals surface area contributed by atoms with Gasteiger partial charge in [-0.05, 0) is 18.2 Å². The molecule has 1 aromatic carbocycles. The van der Waals surface area contributed by atoms with Crippen molar-refractivity contribution in [2.24, 2.45) is 5.92 Å². The first-order valence-electron chi connectivity index (χ1n) is 4.21. The molecule has 1 aromatic rings. The summed E-state index contributed by atoms with van der Waals surface area (Å²) in [5.41, 5.74) is 0. The van der Waals surface area contributed by atoms with Crippen LogP contribution in [0.15, 0.2) is 33.6 Å². The summed E-state index contributed by atoms with van der Waals surface area (Å²) in [6, 6.07) is 7.85. The normalized spacial score (nSPS) is 12.4. The van der Waals surface area contributed by atoms with Gasteiger partial charge in [0.1, 0.15) is 0 Å². The number of thioether (sulfide) groups is 1. The molecule has 0 saturated heterocycles. The Balaban J connectivity index is 2.49. The van der Waals surface area contributed by atoms with Crippen LogP contribution in [0.5, 0.6) is 0 Å². The molecule has 0 aliphatic rings. The maximum atomic E-state index is 10.6. The lowest BCUT2D eigenvalue weighted by Crippen LogP contribution is -2.11. The van der Waals surface area contributed by atoms with Crippen LogP contribution in [0.3, 0.4) is 0 Å². The van der Waals surface area contributed by atoms with Gasteiger partial charge in [-0.25, -0.2) is 0 Å². The first kappa shape index (κ1) is 11.6. The molecular formula is C10H11BrO2S. The van der Waals surface area contributed by atoms with E-state index in [1.165, 1.54) is 0 Å². The van der Waals surface area contributed by atoms with Crippen LogP contribution in [0.2, 0.25) is 0 Å². The van der Waals surface area contributed by atoms with Crippen molar-refractivity contribution in [3.63, 3.8) is 0 Å². The van der Waals surface area contributed by atoms with Crippen LogP contribution >= 0.6 is 27.7 Å². The SMILES string of the molecule is CC(CSc1cccc(Br)c1)C(=O)O. The third-order valence-corrected chi connectivity index (χ3v) is 3.46. The first-order valence-corrected chi connectivity index (χ1v) is 5.98. The number of carboxylic acids is 1. The second-order valence-electron chi connectivity index (χ2n) is 3.01. The van der Waals surface area contributed by atoms with Crippen LogP contribution in [-0.2, 0) is 4.79 Å². The highest BCUT2D eigenvalue weighted by Gasteiger charge is 2.10.